The average Bonchev–Trinajstić information content (AvgIpc) is 2.49. The highest BCUT2D eigenvalue weighted by molar-refractivity contribution is 7.76. The van der Waals surface area contributed by atoms with Crippen LogP contribution in [0.5, 0.6) is 0 Å². The van der Waals surface area contributed by atoms with Crippen molar-refractivity contribution in [3.63, 3.8) is 0 Å². The van der Waals surface area contributed by atoms with Crippen LogP contribution in [0.15, 0.2) is 24.3 Å². The maximum atomic E-state index is 8.78. The maximum Gasteiger partial charge on any atom is 0.0373 e. The van der Waals surface area contributed by atoms with Gasteiger partial charge < -0.3 is 9.87 Å². The van der Waals surface area contributed by atoms with Crippen molar-refractivity contribution in [2.75, 3.05) is 11.9 Å². The van der Waals surface area contributed by atoms with Crippen LogP contribution in [0.2, 0.25) is 0 Å². The third-order valence-corrected chi connectivity index (χ3v) is 1.73. The molecular formula is C8H11N2O2S-. The summed E-state index contributed by atoms with van der Waals surface area (Å²) < 4.78 is 17.6. The number of para-hydroxylation sites is 1. The van der Waals surface area contributed by atoms with Crippen molar-refractivity contribution >= 4 is 17.0 Å². The molecule has 1 heterocycles. The molecule has 0 amide bonds. The summed E-state index contributed by atoms with van der Waals surface area (Å²) in [6.45, 7) is 1.11. The lowest BCUT2D eigenvalue weighted by Crippen LogP contribution is -1.97. The van der Waals surface area contributed by atoms with Crippen molar-refractivity contribution in [1.29, 1.82) is 0 Å². The molecule has 5 heteroatoms. The standard InChI is InChI=1S/C8H9N.H3NO2S/c1-2-4-8-7(3-1)5-6-9-8;1-4(2)3/h1-4,9H,5-6H2;1H2,(H,2,3)/p-1. The van der Waals surface area contributed by atoms with E-state index in [1.54, 1.807) is 0 Å². The SMILES string of the molecule is NS(=O)[O-].c1ccc2c(c1)CCN2. The second-order valence-electron chi connectivity index (χ2n) is 2.59. The average molecular weight is 199 g/mol. The Hall–Kier alpha value is -0.910. The molecule has 1 aromatic rings. The molecule has 72 valence electrons. The van der Waals surface area contributed by atoms with E-state index in [1.807, 2.05) is 0 Å². The van der Waals surface area contributed by atoms with E-state index in [1.165, 1.54) is 17.7 Å². The summed E-state index contributed by atoms with van der Waals surface area (Å²) in [4.78, 5) is 0. The van der Waals surface area contributed by atoms with Gasteiger partial charge in [-0.3, -0.25) is 9.35 Å². The number of hydrogen-bond donors (Lipinski definition) is 2. The second kappa shape index (κ2) is 4.96. The van der Waals surface area contributed by atoms with Gasteiger partial charge in [-0.2, -0.15) is 0 Å². The zero-order valence-electron chi connectivity index (χ0n) is 7.03. The Kier molecular flexibility index (Phi) is 3.88. The van der Waals surface area contributed by atoms with Gasteiger partial charge in [-0.05, 0) is 18.1 Å². The molecule has 1 aliphatic heterocycles. The fourth-order valence-corrected chi connectivity index (χ4v) is 1.24. The Bertz CT molecular complexity index is 277. The van der Waals surface area contributed by atoms with Crippen LogP contribution in [0.3, 0.4) is 0 Å². The predicted octanol–water partition coefficient (Wildman–Crippen LogP) is 0.394. The van der Waals surface area contributed by atoms with Crippen LogP contribution in [0.4, 0.5) is 5.69 Å². The number of anilines is 1. The van der Waals surface area contributed by atoms with E-state index in [2.05, 4.69) is 34.7 Å². The van der Waals surface area contributed by atoms with Crippen LogP contribution < -0.4 is 10.5 Å². The molecule has 0 radical (unpaired) electrons. The van der Waals surface area contributed by atoms with E-state index < -0.39 is 11.3 Å². The summed E-state index contributed by atoms with van der Waals surface area (Å²) in [6, 6.07) is 8.46. The third-order valence-electron chi connectivity index (χ3n) is 1.73. The van der Waals surface area contributed by atoms with Gasteiger partial charge in [0.15, 0.2) is 0 Å². The fourth-order valence-electron chi connectivity index (χ4n) is 1.24. The monoisotopic (exact) mass is 199 g/mol. The van der Waals surface area contributed by atoms with E-state index in [-0.39, 0.29) is 0 Å². The third kappa shape index (κ3) is 3.54. The largest absolute Gasteiger partial charge is 0.760 e. The molecule has 1 aromatic carbocycles. The number of hydrogen-bond acceptors (Lipinski definition) is 3. The highest BCUT2D eigenvalue weighted by atomic mass is 32.2. The molecule has 0 fully saturated rings. The molecule has 0 aromatic heterocycles. The second-order valence-corrected chi connectivity index (χ2v) is 3.12. The summed E-state index contributed by atoms with van der Waals surface area (Å²) in [6.07, 6.45) is 1.19. The quantitative estimate of drug-likeness (QED) is 0.593. The van der Waals surface area contributed by atoms with Crippen molar-refractivity contribution in [2.45, 2.75) is 6.42 Å². The topological polar surface area (TPSA) is 78.2 Å². The smallest absolute Gasteiger partial charge is 0.0373 e. The Morgan fingerprint density at radius 2 is 2.08 bits per heavy atom. The van der Waals surface area contributed by atoms with Crippen LogP contribution in [0, 0.1) is 0 Å². The van der Waals surface area contributed by atoms with Gasteiger partial charge in [0.25, 0.3) is 0 Å². The Morgan fingerprint density at radius 3 is 2.69 bits per heavy atom. The lowest BCUT2D eigenvalue weighted by atomic mass is 10.2. The normalized spacial score (nSPS) is 14.9. The minimum Gasteiger partial charge on any atom is -0.760 e. The first kappa shape index (κ1) is 10.2. The summed E-state index contributed by atoms with van der Waals surface area (Å²) in [5.41, 5.74) is 2.77. The molecule has 3 N–H and O–H groups in total. The van der Waals surface area contributed by atoms with Crippen molar-refractivity contribution in [1.82, 2.24) is 0 Å². The van der Waals surface area contributed by atoms with Crippen molar-refractivity contribution in [3.05, 3.63) is 29.8 Å². The lowest BCUT2D eigenvalue weighted by molar-refractivity contribution is 0.539. The predicted molar refractivity (Wildman–Crippen MR) is 51.7 cm³/mol. The van der Waals surface area contributed by atoms with E-state index in [9.17, 15) is 0 Å². The Labute approximate surface area is 79.6 Å². The molecule has 1 atom stereocenters. The molecule has 0 saturated carbocycles. The zero-order chi connectivity index (χ0) is 9.68. The highest BCUT2D eigenvalue weighted by Gasteiger charge is 2.05. The van der Waals surface area contributed by atoms with Gasteiger partial charge in [-0.15, -0.1) is 0 Å². The summed E-state index contributed by atoms with van der Waals surface area (Å²) >= 11 is -2.36. The van der Waals surface area contributed by atoms with Crippen LogP contribution in [-0.4, -0.2) is 15.3 Å². The minimum atomic E-state index is -2.36. The molecule has 1 aliphatic rings. The molecular weight excluding hydrogens is 188 g/mol. The van der Waals surface area contributed by atoms with E-state index in [4.69, 9.17) is 8.76 Å². The van der Waals surface area contributed by atoms with Crippen LogP contribution >= 0.6 is 0 Å². The van der Waals surface area contributed by atoms with Gasteiger partial charge in [0.05, 0.1) is 0 Å². The number of benzene rings is 1. The van der Waals surface area contributed by atoms with Gasteiger partial charge in [0.1, 0.15) is 0 Å². The van der Waals surface area contributed by atoms with Gasteiger partial charge in [-0.25, -0.2) is 0 Å². The van der Waals surface area contributed by atoms with Crippen molar-refractivity contribution in [2.24, 2.45) is 5.14 Å². The van der Waals surface area contributed by atoms with E-state index in [0.29, 0.717) is 0 Å². The molecule has 13 heavy (non-hydrogen) atoms. The van der Waals surface area contributed by atoms with Crippen molar-refractivity contribution < 1.29 is 8.76 Å². The summed E-state index contributed by atoms with van der Waals surface area (Å²) in [7, 11) is 0. The van der Waals surface area contributed by atoms with Gasteiger partial charge in [0, 0.05) is 23.5 Å². The molecule has 2 rings (SSSR count). The highest BCUT2D eigenvalue weighted by Crippen LogP contribution is 2.19. The van der Waals surface area contributed by atoms with Gasteiger partial charge in [0.2, 0.25) is 0 Å². The maximum absolute atomic E-state index is 8.78. The first-order chi connectivity index (χ1) is 6.20. The number of rotatable bonds is 0. The van der Waals surface area contributed by atoms with E-state index >= 15 is 0 Å². The number of nitrogens with two attached hydrogens (primary N) is 1. The van der Waals surface area contributed by atoms with Crippen LogP contribution in [-0.2, 0) is 17.7 Å². The first-order valence-electron chi connectivity index (χ1n) is 3.85. The molecule has 0 saturated heterocycles. The molecule has 0 bridgehead atoms. The molecule has 1 unspecified atom stereocenters. The molecule has 0 aliphatic carbocycles. The number of nitrogens with one attached hydrogen (secondary N) is 1. The van der Waals surface area contributed by atoms with E-state index in [0.717, 1.165) is 6.54 Å². The van der Waals surface area contributed by atoms with Crippen molar-refractivity contribution in [3.8, 4) is 0 Å². The zero-order valence-corrected chi connectivity index (χ0v) is 7.84. The Balaban J connectivity index is 0.000000184. The molecule has 4 nitrogen and oxygen atoms in total. The van der Waals surface area contributed by atoms with Crippen LogP contribution in [0.1, 0.15) is 5.56 Å². The van der Waals surface area contributed by atoms with Gasteiger partial charge >= 0.3 is 0 Å². The minimum absolute atomic E-state index is 1.11. The number of fused-ring (bicyclic) bond motifs is 1. The first-order valence-corrected chi connectivity index (χ1v) is 4.99. The lowest BCUT2D eigenvalue weighted by Gasteiger charge is -1.94. The summed E-state index contributed by atoms with van der Waals surface area (Å²) in [5.74, 6) is 0. The Morgan fingerprint density at radius 1 is 1.46 bits per heavy atom. The van der Waals surface area contributed by atoms with Crippen LogP contribution in [0.25, 0.3) is 0 Å². The fraction of sp³-hybridized carbons (Fsp3) is 0.250. The van der Waals surface area contributed by atoms with Gasteiger partial charge in [-0.1, -0.05) is 18.2 Å². The summed E-state index contributed by atoms with van der Waals surface area (Å²) in [5, 5.41) is 7.33. The molecule has 0 spiro atoms.